The van der Waals surface area contributed by atoms with Crippen LogP contribution < -0.4 is 5.43 Å². The molecule has 0 radical (unpaired) electrons. The summed E-state index contributed by atoms with van der Waals surface area (Å²) in [6, 6.07) is 10.1. The summed E-state index contributed by atoms with van der Waals surface area (Å²) in [7, 11) is 0. The molecule has 0 atom stereocenters. The smallest absolute Gasteiger partial charge is 0.271 e. The second-order valence-corrected chi connectivity index (χ2v) is 8.68. The van der Waals surface area contributed by atoms with Crippen molar-refractivity contribution in [3.63, 3.8) is 0 Å². The molecule has 0 aromatic heterocycles. The molecule has 0 aliphatic heterocycles. The van der Waals surface area contributed by atoms with Gasteiger partial charge >= 0.3 is 0 Å². The van der Waals surface area contributed by atoms with Gasteiger partial charge < -0.3 is 10.2 Å². The summed E-state index contributed by atoms with van der Waals surface area (Å²) >= 11 is 0. The van der Waals surface area contributed by atoms with E-state index in [0.29, 0.717) is 22.3 Å². The third kappa shape index (κ3) is 4.88. The van der Waals surface area contributed by atoms with Crippen molar-refractivity contribution in [3.05, 3.63) is 58.7 Å². The number of hydrogen-bond acceptors (Lipinski definition) is 4. The van der Waals surface area contributed by atoms with Crippen molar-refractivity contribution in [2.75, 3.05) is 0 Å². The van der Waals surface area contributed by atoms with E-state index in [1.807, 2.05) is 41.5 Å². The van der Waals surface area contributed by atoms with Crippen molar-refractivity contribution < 1.29 is 15.0 Å². The average molecular weight is 368 g/mol. The van der Waals surface area contributed by atoms with Crippen molar-refractivity contribution in [1.29, 1.82) is 0 Å². The van der Waals surface area contributed by atoms with Gasteiger partial charge in [0.25, 0.3) is 5.91 Å². The molecule has 0 heterocycles. The topological polar surface area (TPSA) is 81.9 Å². The van der Waals surface area contributed by atoms with Crippen LogP contribution in [0.3, 0.4) is 0 Å². The van der Waals surface area contributed by atoms with Crippen LogP contribution in [0, 0.1) is 0 Å². The molecule has 2 rings (SSSR count). The molecule has 27 heavy (non-hydrogen) atoms. The Balaban J connectivity index is 2.37. The monoisotopic (exact) mass is 368 g/mol. The molecular weight excluding hydrogens is 340 g/mol. The van der Waals surface area contributed by atoms with Crippen LogP contribution in [-0.2, 0) is 10.8 Å². The van der Waals surface area contributed by atoms with Crippen LogP contribution in [0.1, 0.15) is 68.6 Å². The number of aromatic hydroxyl groups is 2. The molecule has 0 aliphatic carbocycles. The highest BCUT2D eigenvalue weighted by molar-refractivity contribution is 5.96. The second-order valence-electron chi connectivity index (χ2n) is 8.68. The minimum absolute atomic E-state index is 0.0881. The van der Waals surface area contributed by atoms with Gasteiger partial charge in [0.15, 0.2) is 0 Å². The normalized spacial score (nSPS) is 12.4. The molecule has 1 amide bonds. The van der Waals surface area contributed by atoms with E-state index in [1.54, 1.807) is 36.4 Å². The van der Waals surface area contributed by atoms with Gasteiger partial charge in [-0.05, 0) is 35.1 Å². The quantitative estimate of drug-likeness (QED) is 0.553. The fourth-order valence-corrected chi connectivity index (χ4v) is 2.73. The van der Waals surface area contributed by atoms with Crippen LogP contribution in [0.25, 0.3) is 0 Å². The predicted octanol–water partition coefficient (Wildman–Crippen LogP) is 4.46. The van der Waals surface area contributed by atoms with E-state index in [2.05, 4.69) is 10.5 Å². The Morgan fingerprint density at radius 3 is 1.96 bits per heavy atom. The Kier molecular flexibility index (Phi) is 5.64. The van der Waals surface area contributed by atoms with E-state index in [9.17, 15) is 15.0 Å². The fraction of sp³-hybridized carbons (Fsp3) is 0.364. The first-order valence-corrected chi connectivity index (χ1v) is 8.90. The van der Waals surface area contributed by atoms with Gasteiger partial charge in [-0.25, -0.2) is 5.43 Å². The molecule has 0 bridgehead atoms. The summed E-state index contributed by atoms with van der Waals surface area (Å²) in [6.45, 7) is 12.0. The number of amides is 1. The maximum Gasteiger partial charge on any atom is 0.271 e. The lowest BCUT2D eigenvalue weighted by Crippen LogP contribution is -2.22. The molecule has 0 aliphatic rings. The summed E-state index contributed by atoms with van der Waals surface area (Å²) in [5.74, 6) is -0.0629. The predicted molar refractivity (Wildman–Crippen MR) is 109 cm³/mol. The number of nitrogens with one attached hydrogen (secondary N) is 1. The summed E-state index contributed by atoms with van der Waals surface area (Å²) in [4.78, 5) is 12.6. The first-order chi connectivity index (χ1) is 12.4. The first-order valence-electron chi connectivity index (χ1n) is 8.90. The molecule has 2 aromatic carbocycles. The van der Waals surface area contributed by atoms with E-state index >= 15 is 0 Å². The zero-order valence-corrected chi connectivity index (χ0v) is 16.8. The average Bonchev–Trinajstić information content (AvgIpc) is 2.54. The zero-order valence-electron chi connectivity index (χ0n) is 16.8. The number of para-hydroxylation sites is 1. The second kappa shape index (κ2) is 7.43. The van der Waals surface area contributed by atoms with Crippen molar-refractivity contribution in [2.24, 2.45) is 5.10 Å². The molecule has 5 nitrogen and oxygen atoms in total. The first kappa shape index (κ1) is 20.5. The third-order valence-electron chi connectivity index (χ3n) is 4.29. The van der Waals surface area contributed by atoms with E-state index in [4.69, 9.17) is 0 Å². The Morgan fingerprint density at radius 1 is 0.963 bits per heavy atom. The maximum atomic E-state index is 12.6. The zero-order chi connectivity index (χ0) is 20.4. The van der Waals surface area contributed by atoms with Gasteiger partial charge in [0, 0.05) is 22.3 Å². The number of nitrogens with zero attached hydrogens (tertiary/aromatic N) is 1. The van der Waals surface area contributed by atoms with Crippen LogP contribution in [0.4, 0.5) is 0 Å². The van der Waals surface area contributed by atoms with Crippen LogP contribution in [0.15, 0.2) is 41.5 Å². The molecule has 0 spiro atoms. The van der Waals surface area contributed by atoms with Crippen LogP contribution in [0.5, 0.6) is 11.5 Å². The van der Waals surface area contributed by atoms with Gasteiger partial charge in [-0.1, -0.05) is 53.7 Å². The molecule has 0 saturated heterocycles. The van der Waals surface area contributed by atoms with E-state index in [-0.39, 0.29) is 28.2 Å². The molecule has 0 fully saturated rings. The number of benzene rings is 2. The van der Waals surface area contributed by atoms with Gasteiger partial charge in [0.05, 0.1) is 6.21 Å². The SMILES string of the molecule is CC(C)(C)c1cc(C(=O)NN=Cc2ccccc2O)cc(C(C)(C)C)c1O. The molecule has 2 aromatic rings. The molecular formula is C22H28N2O3. The molecule has 144 valence electrons. The lowest BCUT2D eigenvalue weighted by molar-refractivity contribution is 0.0955. The third-order valence-corrected chi connectivity index (χ3v) is 4.29. The number of phenols is 2. The molecule has 0 saturated carbocycles. The maximum absolute atomic E-state index is 12.6. The number of phenolic OH excluding ortho intramolecular Hbond substituents is 2. The van der Waals surface area contributed by atoms with E-state index < -0.39 is 0 Å². The lowest BCUT2D eigenvalue weighted by atomic mass is 9.78. The summed E-state index contributed by atoms with van der Waals surface area (Å²) < 4.78 is 0. The molecule has 3 N–H and O–H groups in total. The fourth-order valence-electron chi connectivity index (χ4n) is 2.73. The largest absolute Gasteiger partial charge is 0.507 e. The number of carbonyl (C=O) groups is 1. The summed E-state index contributed by atoms with van der Waals surface area (Å²) in [6.07, 6.45) is 1.39. The van der Waals surface area contributed by atoms with Gasteiger partial charge in [-0.3, -0.25) is 4.79 Å². The van der Waals surface area contributed by atoms with E-state index in [1.165, 1.54) is 6.21 Å². The van der Waals surface area contributed by atoms with Crippen LogP contribution >= 0.6 is 0 Å². The summed E-state index contributed by atoms with van der Waals surface area (Å²) in [5.41, 5.74) is 4.21. The standard InChI is InChI=1S/C22H28N2O3/c1-21(2,3)16-11-15(12-17(19(16)26)22(4,5)6)20(27)24-23-13-14-9-7-8-10-18(14)25/h7-13,25-26H,1-6H3,(H,24,27). The van der Waals surface area contributed by atoms with Crippen LogP contribution in [-0.4, -0.2) is 22.3 Å². The van der Waals surface area contributed by atoms with Crippen molar-refractivity contribution >= 4 is 12.1 Å². The van der Waals surface area contributed by atoms with Gasteiger partial charge in [0.1, 0.15) is 11.5 Å². The van der Waals surface area contributed by atoms with E-state index in [0.717, 1.165) is 0 Å². The number of rotatable bonds is 3. The highest BCUT2D eigenvalue weighted by Gasteiger charge is 2.27. The molecule has 5 heteroatoms. The van der Waals surface area contributed by atoms with Gasteiger partial charge in [-0.15, -0.1) is 0 Å². The van der Waals surface area contributed by atoms with Gasteiger partial charge in [0.2, 0.25) is 0 Å². The van der Waals surface area contributed by atoms with Gasteiger partial charge in [-0.2, -0.15) is 5.10 Å². The number of carbonyl (C=O) groups excluding carboxylic acids is 1. The Labute approximate surface area is 160 Å². The minimum Gasteiger partial charge on any atom is -0.507 e. The van der Waals surface area contributed by atoms with Crippen molar-refractivity contribution in [1.82, 2.24) is 5.43 Å². The summed E-state index contributed by atoms with van der Waals surface area (Å²) in [5, 5.41) is 24.4. The highest BCUT2D eigenvalue weighted by Crippen LogP contribution is 2.39. The molecule has 0 unspecified atom stereocenters. The number of hydrazone groups is 1. The lowest BCUT2D eigenvalue weighted by Gasteiger charge is -2.28. The Morgan fingerprint density at radius 2 is 1.48 bits per heavy atom. The Hall–Kier alpha value is -2.82. The van der Waals surface area contributed by atoms with Crippen LogP contribution in [0.2, 0.25) is 0 Å². The highest BCUT2D eigenvalue weighted by atomic mass is 16.3. The van der Waals surface area contributed by atoms with Crippen molar-refractivity contribution in [2.45, 2.75) is 52.4 Å². The minimum atomic E-state index is -0.377. The number of hydrogen-bond donors (Lipinski definition) is 3. The van der Waals surface area contributed by atoms with Crippen molar-refractivity contribution in [3.8, 4) is 11.5 Å². The Bertz CT molecular complexity index is 837.